The van der Waals surface area contributed by atoms with Crippen LogP contribution < -0.4 is 0 Å². The van der Waals surface area contributed by atoms with Crippen LogP contribution in [-0.2, 0) is 0 Å². The van der Waals surface area contributed by atoms with Gasteiger partial charge < -0.3 is 0 Å². The Morgan fingerprint density at radius 3 is 1.00 bits per heavy atom. The predicted octanol–water partition coefficient (Wildman–Crippen LogP) is -0.506. The predicted molar refractivity (Wildman–Crippen MR) is 24.0 cm³/mol. The first-order chi connectivity index (χ1) is 0. The maximum Gasteiger partial charge on any atom is 0 e. The molecule has 0 spiro atoms. The van der Waals surface area contributed by atoms with Crippen LogP contribution in [0.25, 0.3) is 0 Å². The largest absolute Gasteiger partial charge is 0.0776 e. The van der Waals surface area contributed by atoms with Crippen LogP contribution in [0.5, 0.6) is 0 Å². The van der Waals surface area contributed by atoms with Gasteiger partial charge in [0, 0.05) is 53.3 Å². The first kappa shape index (κ1) is 46.5. The van der Waals surface area contributed by atoms with Crippen molar-refractivity contribution in [2.45, 2.75) is 7.43 Å². The van der Waals surface area contributed by atoms with E-state index in [0.717, 1.165) is 0 Å². The molecule has 0 atom stereocenters. The molecule has 0 saturated heterocycles. The number of rotatable bonds is 0. The summed E-state index contributed by atoms with van der Waals surface area (Å²) in [5.74, 6) is 0. The summed E-state index contributed by atoms with van der Waals surface area (Å²) in [6, 6.07) is 0. The Bertz CT molecular complexity index is 8.00. The summed E-state index contributed by atoms with van der Waals surface area (Å²) in [6.07, 6.45) is 0. The Hall–Kier alpha value is 1.59. The summed E-state index contributed by atoms with van der Waals surface area (Å²) in [7, 11) is 0. The zero-order chi connectivity index (χ0) is 0. The molecule has 0 unspecified atom stereocenters. The van der Waals surface area contributed by atoms with Gasteiger partial charge in [-0.3, -0.25) is 0 Å². The monoisotopic (exact) mass is 240 g/mol. The third-order valence-electron chi connectivity index (χ3n) is 0. The van der Waals surface area contributed by atoms with Gasteiger partial charge in [-0.05, 0) is 0 Å². The van der Waals surface area contributed by atoms with Gasteiger partial charge in [0.2, 0.25) is 0 Å². The Kier molecular flexibility index (Phi) is 271. The van der Waals surface area contributed by atoms with E-state index < -0.39 is 0 Å². The Morgan fingerprint density at radius 2 is 1.00 bits per heavy atom. The molecule has 0 aliphatic carbocycles. The summed E-state index contributed by atoms with van der Waals surface area (Å²) < 4.78 is 0. The maximum absolute atomic E-state index is 0. The fraction of sp³-hybridized carbons (Fsp3) is 1.00. The van der Waals surface area contributed by atoms with E-state index in [1.807, 2.05) is 0 Å². The molecule has 22 valence electrons. The molecule has 3 heteroatoms. The van der Waals surface area contributed by atoms with Crippen LogP contribution in [0.4, 0.5) is 0 Å². The van der Waals surface area contributed by atoms with E-state index >= 15 is 0 Å². The molecule has 0 nitrogen and oxygen atoms in total. The quantitative estimate of drug-likeness (QED) is 0.501. The number of hydrogen-bond acceptors (Lipinski definition) is 0. The van der Waals surface area contributed by atoms with Crippen LogP contribution >= 0.6 is 0 Å². The second-order valence-electron chi connectivity index (χ2n) is 0. The van der Waals surface area contributed by atoms with Crippen molar-refractivity contribution in [1.82, 2.24) is 0 Å². The molecule has 4 heavy (non-hydrogen) atoms. The van der Waals surface area contributed by atoms with Crippen molar-refractivity contribution in [1.29, 1.82) is 0 Å². The smallest absolute Gasteiger partial charge is 0 e. The summed E-state index contributed by atoms with van der Waals surface area (Å²) in [4.78, 5) is 0. The van der Waals surface area contributed by atoms with Gasteiger partial charge in [-0.2, -0.15) is 0 Å². The van der Waals surface area contributed by atoms with Crippen molar-refractivity contribution < 1.29 is 0 Å². The molecule has 0 heterocycles. The first-order valence-electron chi connectivity index (χ1n) is 0. The Morgan fingerprint density at radius 1 is 1.00 bits per heavy atom. The van der Waals surface area contributed by atoms with Gasteiger partial charge in [0.15, 0.2) is 0 Å². The molecule has 0 aromatic carbocycles. The fourth-order valence-corrected chi connectivity index (χ4v) is 0. The Balaban J connectivity index is 0. The summed E-state index contributed by atoms with van der Waals surface area (Å²) in [6.45, 7) is 0. The van der Waals surface area contributed by atoms with Crippen LogP contribution in [0, 0.1) is 0 Å². The molecule has 0 aromatic heterocycles. The van der Waals surface area contributed by atoms with Crippen LogP contribution in [0.3, 0.4) is 0 Å². The minimum Gasteiger partial charge on any atom is -0.0776 e. The van der Waals surface area contributed by atoms with E-state index in [1.165, 1.54) is 0 Å². The van der Waals surface area contributed by atoms with Crippen molar-refractivity contribution >= 4 is 53.3 Å². The minimum atomic E-state index is 0. The van der Waals surface area contributed by atoms with E-state index in [9.17, 15) is 0 Å². The normalized spacial score (nSPS) is 0. The van der Waals surface area contributed by atoms with Crippen molar-refractivity contribution in [3.8, 4) is 0 Å². The first-order valence-corrected chi connectivity index (χ1v) is 0. The van der Waals surface area contributed by atoms with E-state index in [0.29, 0.717) is 0 Å². The van der Waals surface area contributed by atoms with Gasteiger partial charge in [0.05, 0.1) is 0 Å². The molecule has 10 radical (unpaired) electrons. The molecular weight excluding hydrogens is 237 g/mol. The standard InChI is InChI=1S/CH4.As.Sb.Si/h1H4;;;. The average Bonchev–Trinajstić information content (AvgIpc) is 0. The van der Waals surface area contributed by atoms with Crippen molar-refractivity contribution in [3.63, 3.8) is 0 Å². The molecule has 0 aliphatic heterocycles. The van der Waals surface area contributed by atoms with Crippen LogP contribution in [0.1, 0.15) is 7.43 Å². The van der Waals surface area contributed by atoms with Crippen molar-refractivity contribution in [2.75, 3.05) is 0 Å². The fourth-order valence-electron chi connectivity index (χ4n) is 0. The van der Waals surface area contributed by atoms with Gasteiger partial charge >= 0.3 is 0 Å². The summed E-state index contributed by atoms with van der Waals surface area (Å²) >= 11 is 0. The summed E-state index contributed by atoms with van der Waals surface area (Å²) in [5.41, 5.74) is 0. The average molecular weight is 241 g/mol. The SMILES string of the molecule is C.[As].[Sb].[Si]. The molecule has 0 amide bonds. The third kappa shape index (κ3) is 9.52. The van der Waals surface area contributed by atoms with E-state index in [4.69, 9.17) is 0 Å². The van der Waals surface area contributed by atoms with Crippen molar-refractivity contribution in [3.05, 3.63) is 0 Å². The van der Waals surface area contributed by atoms with Gasteiger partial charge in [-0.15, -0.1) is 0 Å². The molecule has 0 aliphatic rings. The molecular formula is CH4AsSbSi. The summed E-state index contributed by atoms with van der Waals surface area (Å²) in [5, 5.41) is 0. The van der Waals surface area contributed by atoms with Crippen LogP contribution in [0.15, 0.2) is 0 Å². The molecule has 0 aromatic rings. The molecule has 0 saturated carbocycles. The molecule has 0 fully saturated rings. The number of hydrogen-bond donors (Lipinski definition) is 0. The van der Waals surface area contributed by atoms with Gasteiger partial charge in [0.1, 0.15) is 0 Å². The second-order valence-corrected chi connectivity index (χ2v) is 0. The van der Waals surface area contributed by atoms with Gasteiger partial charge in [-0.25, -0.2) is 0 Å². The molecule has 0 bridgehead atoms. The van der Waals surface area contributed by atoms with E-state index in [2.05, 4.69) is 0 Å². The van der Waals surface area contributed by atoms with Gasteiger partial charge in [0.25, 0.3) is 0 Å². The van der Waals surface area contributed by atoms with Gasteiger partial charge in [-0.1, -0.05) is 7.43 Å². The molecule has 0 rings (SSSR count). The topological polar surface area (TPSA) is 0 Å². The second kappa shape index (κ2) is 23.4. The van der Waals surface area contributed by atoms with Crippen molar-refractivity contribution in [2.24, 2.45) is 0 Å². The van der Waals surface area contributed by atoms with Crippen LogP contribution in [0.2, 0.25) is 0 Å². The zero-order valence-corrected chi connectivity index (χ0v) is 6.82. The third-order valence-corrected chi connectivity index (χ3v) is 0. The minimum absolute atomic E-state index is 0. The van der Waals surface area contributed by atoms with E-state index in [-0.39, 0.29) is 60.8 Å². The maximum atomic E-state index is 0. The molecule has 0 N–H and O–H groups in total. The van der Waals surface area contributed by atoms with Crippen LogP contribution in [-0.4, -0.2) is 53.3 Å². The Labute approximate surface area is 60.5 Å². The van der Waals surface area contributed by atoms with E-state index in [1.54, 1.807) is 0 Å². The zero-order valence-electron chi connectivity index (χ0n) is 1.39.